The lowest BCUT2D eigenvalue weighted by molar-refractivity contribution is -0.385. The molecular formula is C10H14BrN3O4. The molecule has 0 fully saturated rings. The highest BCUT2D eigenvalue weighted by Crippen LogP contribution is 2.26. The normalized spacial score (nSPS) is 12.2. The van der Waals surface area contributed by atoms with Crippen molar-refractivity contribution in [2.45, 2.75) is 6.10 Å². The first-order valence-electron chi connectivity index (χ1n) is 5.13. The van der Waals surface area contributed by atoms with Gasteiger partial charge >= 0.3 is 0 Å². The summed E-state index contributed by atoms with van der Waals surface area (Å²) in [6, 6.07) is 1.38. The number of nitrogens with zero attached hydrogens (tertiary/aromatic N) is 3. The molecule has 1 unspecified atom stereocenters. The number of hydrogen-bond acceptors (Lipinski definition) is 6. The fourth-order valence-electron chi connectivity index (χ4n) is 1.45. The first kappa shape index (κ1) is 14.8. The Hall–Kier alpha value is -1.25. The molecule has 18 heavy (non-hydrogen) atoms. The van der Waals surface area contributed by atoms with Crippen molar-refractivity contribution >= 4 is 27.4 Å². The predicted molar refractivity (Wildman–Crippen MR) is 69.7 cm³/mol. The molecule has 1 rings (SSSR count). The average Bonchev–Trinajstić information content (AvgIpc) is 2.28. The fraction of sp³-hybridized carbons (Fsp3) is 0.500. The van der Waals surface area contributed by atoms with Gasteiger partial charge in [0.2, 0.25) is 0 Å². The SMILES string of the molecule is COCC(O)CN(C)c1ncc([N+](=O)[O-])cc1Br. The monoisotopic (exact) mass is 319 g/mol. The van der Waals surface area contributed by atoms with Crippen LogP contribution in [-0.2, 0) is 4.74 Å². The van der Waals surface area contributed by atoms with Crippen LogP contribution in [0.1, 0.15) is 0 Å². The minimum absolute atomic E-state index is 0.0866. The summed E-state index contributed by atoms with van der Waals surface area (Å²) >= 11 is 3.22. The van der Waals surface area contributed by atoms with Crippen molar-refractivity contribution in [3.63, 3.8) is 0 Å². The van der Waals surface area contributed by atoms with Gasteiger partial charge in [0.25, 0.3) is 5.69 Å². The summed E-state index contributed by atoms with van der Waals surface area (Å²) in [6.45, 7) is 0.534. The summed E-state index contributed by atoms with van der Waals surface area (Å²) < 4.78 is 5.33. The second kappa shape index (κ2) is 6.62. The molecule has 1 atom stereocenters. The van der Waals surface area contributed by atoms with Gasteiger partial charge in [0.15, 0.2) is 0 Å². The zero-order valence-electron chi connectivity index (χ0n) is 10.0. The Kier molecular flexibility index (Phi) is 5.45. The van der Waals surface area contributed by atoms with Gasteiger partial charge in [0.05, 0.1) is 22.1 Å². The van der Waals surface area contributed by atoms with Crippen molar-refractivity contribution in [3.8, 4) is 0 Å². The van der Waals surface area contributed by atoms with E-state index >= 15 is 0 Å². The van der Waals surface area contributed by atoms with E-state index in [0.29, 0.717) is 16.8 Å². The zero-order valence-corrected chi connectivity index (χ0v) is 11.6. The van der Waals surface area contributed by atoms with Crippen LogP contribution in [0.15, 0.2) is 16.7 Å². The van der Waals surface area contributed by atoms with Gasteiger partial charge in [-0.2, -0.15) is 0 Å². The topological polar surface area (TPSA) is 88.7 Å². The van der Waals surface area contributed by atoms with Gasteiger partial charge in [-0.25, -0.2) is 4.98 Å². The lowest BCUT2D eigenvalue weighted by atomic mass is 10.3. The Bertz CT molecular complexity index is 430. The third kappa shape index (κ3) is 3.90. The molecule has 1 heterocycles. The average molecular weight is 320 g/mol. The van der Waals surface area contributed by atoms with Crippen LogP contribution in [0.4, 0.5) is 11.5 Å². The molecule has 0 amide bonds. The van der Waals surface area contributed by atoms with Gasteiger partial charge in [-0.1, -0.05) is 0 Å². The van der Waals surface area contributed by atoms with Crippen molar-refractivity contribution in [1.29, 1.82) is 0 Å². The van der Waals surface area contributed by atoms with Crippen molar-refractivity contribution < 1.29 is 14.8 Å². The molecule has 7 nitrogen and oxygen atoms in total. The highest BCUT2D eigenvalue weighted by atomic mass is 79.9. The number of pyridine rings is 1. The van der Waals surface area contributed by atoms with Crippen LogP contribution in [0.3, 0.4) is 0 Å². The molecule has 0 aromatic carbocycles. The highest BCUT2D eigenvalue weighted by Gasteiger charge is 2.15. The van der Waals surface area contributed by atoms with E-state index in [4.69, 9.17) is 4.74 Å². The van der Waals surface area contributed by atoms with Gasteiger partial charge < -0.3 is 14.7 Å². The van der Waals surface area contributed by atoms with E-state index in [1.165, 1.54) is 19.4 Å². The molecule has 1 aromatic rings. The van der Waals surface area contributed by atoms with Crippen LogP contribution in [0.5, 0.6) is 0 Å². The Morgan fingerprint density at radius 3 is 2.89 bits per heavy atom. The smallest absolute Gasteiger partial charge is 0.288 e. The molecule has 0 aliphatic heterocycles. The number of aliphatic hydroxyl groups excluding tert-OH is 1. The molecule has 0 aliphatic carbocycles. The standard InChI is InChI=1S/C10H14BrN3O4/c1-13(5-8(15)6-18-2)10-9(11)3-7(4-12-10)14(16)17/h3-4,8,15H,5-6H2,1-2H3. The second-order valence-electron chi connectivity index (χ2n) is 3.75. The third-order valence-electron chi connectivity index (χ3n) is 2.22. The maximum atomic E-state index is 10.6. The molecule has 0 spiro atoms. The van der Waals surface area contributed by atoms with Crippen molar-refractivity contribution in [2.24, 2.45) is 0 Å². The van der Waals surface area contributed by atoms with Crippen LogP contribution in [0, 0.1) is 10.1 Å². The highest BCUT2D eigenvalue weighted by molar-refractivity contribution is 9.10. The molecule has 0 aliphatic rings. The lowest BCUT2D eigenvalue weighted by Crippen LogP contribution is -2.32. The van der Waals surface area contributed by atoms with Gasteiger partial charge in [-0.15, -0.1) is 0 Å². The van der Waals surface area contributed by atoms with Gasteiger partial charge in [-0.05, 0) is 15.9 Å². The van der Waals surface area contributed by atoms with Crippen molar-refractivity contribution in [3.05, 3.63) is 26.9 Å². The van der Waals surface area contributed by atoms with E-state index in [0.717, 1.165) is 0 Å². The number of nitro groups is 1. The van der Waals surface area contributed by atoms with E-state index in [2.05, 4.69) is 20.9 Å². The number of rotatable bonds is 6. The number of ether oxygens (including phenoxy) is 1. The number of likely N-dealkylation sites (N-methyl/N-ethyl adjacent to an activating group) is 1. The van der Waals surface area contributed by atoms with Gasteiger partial charge in [0.1, 0.15) is 12.0 Å². The van der Waals surface area contributed by atoms with Crippen LogP contribution in [0.25, 0.3) is 0 Å². The molecule has 8 heteroatoms. The maximum absolute atomic E-state index is 10.6. The van der Waals surface area contributed by atoms with E-state index < -0.39 is 11.0 Å². The summed E-state index contributed by atoms with van der Waals surface area (Å²) in [4.78, 5) is 15.7. The number of aliphatic hydroxyl groups is 1. The molecular weight excluding hydrogens is 306 g/mol. The number of hydrogen-bond donors (Lipinski definition) is 1. The van der Waals surface area contributed by atoms with E-state index in [-0.39, 0.29) is 12.3 Å². The van der Waals surface area contributed by atoms with E-state index in [1.807, 2.05) is 0 Å². The predicted octanol–water partition coefficient (Wildman–Crippen LogP) is 1.20. The van der Waals surface area contributed by atoms with Gasteiger partial charge in [-0.3, -0.25) is 10.1 Å². The third-order valence-corrected chi connectivity index (χ3v) is 2.81. The first-order valence-corrected chi connectivity index (χ1v) is 5.93. The van der Waals surface area contributed by atoms with Crippen LogP contribution < -0.4 is 4.90 Å². The number of aromatic nitrogens is 1. The van der Waals surface area contributed by atoms with Crippen LogP contribution >= 0.6 is 15.9 Å². The summed E-state index contributed by atoms with van der Waals surface area (Å²) in [5, 5.41) is 20.2. The largest absolute Gasteiger partial charge is 0.389 e. The summed E-state index contributed by atoms with van der Waals surface area (Å²) in [7, 11) is 3.24. The minimum atomic E-state index is -0.649. The summed E-state index contributed by atoms with van der Waals surface area (Å²) in [5.74, 6) is 0.524. The molecule has 1 N–H and O–H groups in total. The molecule has 0 saturated carbocycles. The van der Waals surface area contributed by atoms with Crippen LogP contribution in [0.2, 0.25) is 0 Å². The maximum Gasteiger partial charge on any atom is 0.288 e. The Labute approximate surface area is 113 Å². The van der Waals surface area contributed by atoms with E-state index in [9.17, 15) is 15.2 Å². The number of anilines is 1. The molecule has 0 radical (unpaired) electrons. The second-order valence-corrected chi connectivity index (χ2v) is 4.60. The molecule has 0 saturated heterocycles. The molecule has 0 bridgehead atoms. The minimum Gasteiger partial charge on any atom is -0.389 e. The first-order chi connectivity index (χ1) is 8.45. The Morgan fingerprint density at radius 1 is 1.72 bits per heavy atom. The number of methoxy groups -OCH3 is 1. The van der Waals surface area contributed by atoms with Crippen molar-refractivity contribution in [2.75, 3.05) is 32.2 Å². The van der Waals surface area contributed by atoms with Gasteiger partial charge in [0, 0.05) is 26.8 Å². The molecule has 1 aromatic heterocycles. The zero-order chi connectivity index (χ0) is 13.7. The quantitative estimate of drug-likeness (QED) is 0.626. The lowest BCUT2D eigenvalue weighted by Gasteiger charge is -2.22. The molecule has 100 valence electrons. The summed E-state index contributed by atoms with van der Waals surface area (Å²) in [6.07, 6.45) is 0.531. The van der Waals surface area contributed by atoms with E-state index in [1.54, 1.807) is 11.9 Å². The Balaban J connectivity index is 2.80. The van der Waals surface area contributed by atoms with Crippen molar-refractivity contribution in [1.82, 2.24) is 4.98 Å². The number of halogens is 1. The summed E-state index contributed by atoms with van der Waals surface area (Å²) in [5.41, 5.74) is -0.0866. The fourth-order valence-corrected chi connectivity index (χ4v) is 2.09. The Morgan fingerprint density at radius 2 is 2.39 bits per heavy atom. The van der Waals surface area contributed by atoms with Crippen LogP contribution in [-0.4, -0.2) is 48.4 Å².